The van der Waals surface area contributed by atoms with Gasteiger partial charge in [-0.1, -0.05) is 60.7 Å². The van der Waals surface area contributed by atoms with Gasteiger partial charge < -0.3 is 9.64 Å². The molecule has 0 fully saturated rings. The molecule has 0 aliphatic heterocycles. The molecule has 2 unspecified atom stereocenters. The Kier molecular flexibility index (Phi) is 5.56. The molecule has 1 heterocycles. The molecule has 0 bridgehead atoms. The van der Waals surface area contributed by atoms with E-state index in [2.05, 4.69) is 36.1 Å². The largest absolute Gasteiger partial charge is 0.364 e. The summed E-state index contributed by atoms with van der Waals surface area (Å²) in [7, 11) is 4.11. The van der Waals surface area contributed by atoms with E-state index in [1.165, 1.54) is 0 Å². The molecule has 1 aliphatic rings. The molecule has 4 heteroatoms. The average molecular weight is 386 g/mol. The standard InChI is InChI=1S/C25H26N2O2/c1-27(2)16-9-17-29-25(20-11-4-3-5-12-20)22-14-7-6-13-21(22)24(28)23(25)19-10-8-15-26-18-19/h3-8,10-15,18,23H,9,16-17H2,1-2H3. The lowest BCUT2D eigenvalue weighted by Crippen LogP contribution is -2.37. The van der Waals surface area contributed by atoms with Gasteiger partial charge in [0.25, 0.3) is 0 Å². The van der Waals surface area contributed by atoms with Crippen LogP contribution in [0, 0.1) is 0 Å². The first-order chi connectivity index (χ1) is 14.1. The molecule has 1 aromatic heterocycles. The molecule has 2 aromatic carbocycles. The Hall–Kier alpha value is -2.82. The molecule has 0 saturated heterocycles. The lowest BCUT2D eigenvalue weighted by atomic mass is 9.77. The zero-order valence-corrected chi connectivity index (χ0v) is 16.9. The van der Waals surface area contributed by atoms with Crippen LogP contribution in [-0.4, -0.2) is 42.9 Å². The van der Waals surface area contributed by atoms with Crippen LogP contribution in [0.4, 0.5) is 0 Å². The van der Waals surface area contributed by atoms with Gasteiger partial charge in [-0.05, 0) is 44.3 Å². The number of ether oxygens (including phenoxy) is 1. The fourth-order valence-electron chi connectivity index (χ4n) is 4.32. The number of carbonyl (C=O) groups excluding carboxylic acids is 1. The minimum atomic E-state index is -0.857. The summed E-state index contributed by atoms with van der Waals surface area (Å²) >= 11 is 0. The SMILES string of the molecule is CN(C)CCCOC1(c2ccccc2)c2ccccc2C(=O)C1c1cccnc1. The van der Waals surface area contributed by atoms with E-state index in [4.69, 9.17) is 4.74 Å². The number of hydrogen-bond donors (Lipinski definition) is 0. The molecule has 4 rings (SSSR count). The lowest BCUT2D eigenvalue weighted by molar-refractivity contribution is -0.0296. The Morgan fingerprint density at radius 3 is 2.48 bits per heavy atom. The number of fused-ring (bicyclic) bond motifs is 1. The molecule has 0 N–H and O–H groups in total. The van der Waals surface area contributed by atoms with Crippen molar-refractivity contribution >= 4 is 5.78 Å². The number of aromatic nitrogens is 1. The Morgan fingerprint density at radius 1 is 1.00 bits per heavy atom. The number of rotatable bonds is 7. The van der Waals surface area contributed by atoms with Crippen molar-refractivity contribution in [3.63, 3.8) is 0 Å². The van der Waals surface area contributed by atoms with E-state index in [1.807, 2.05) is 54.6 Å². The maximum absolute atomic E-state index is 13.6. The normalized spacial score (nSPS) is 20.8. The number of pyridine rings is 1. The van der Waals surface area contributed by atoms with Crippen molar-refractivity contribution in [2.45, 2.75) is 17.9 Å². The second-order valence-electron chi connectivity index (χ2n) is 7.74. The molecule has 3 aromatic rings. The highest BCUT2D eigenvalue weighted by Crippen LogP contribution is 2.53. The van der Waals surface area contributed by atoms with Crippen molar-refractivity contribution in [3.8, 4) is 0 Å². The summed E-state index contributed by atoms with van der Waals surface area (Å²) in [5.41, 5.74) is 2.69. The minimum absolute atomic E-state index is 0.0880. The smallest absolute Gasteiger partial charge is 0.174 e. The molecule has 0 spiro atoms. The maximum atomic E-state index is 13.6. The van der Waals surface area contributed by atoms with Gasteiger partial charge in [0, 0.05) is 30.1 Å². The zero-order valence-electron chi connectivity index (χ0n) is 16.9. The van der Waals surface area contributed by atoms with E-state index in [0.29, 0.717) is 6.61 Å². The molecule has 29 heavy (non-hydrogen) atoms. The molecule has 0 radical (unpaired) electrons. The molecular formula is C25H26N2O2. The van der Waals surface area contributed by atoms with Crippen molar-refractivity contribution in [2.75, 3.05) is 27.2 Å². The van der Waals surface area contributed by atoms with Crippen molar-refractivity contribution in [1.29, 1.82) is 0 Å². The van der Waals surface area contributed by atoms with Gasteiger partial charge in [-0.3, -0.25) is 9.78 Å². The molecule has 0 amide bonds. The van der Waals surface area contributed by atoms with Gasteiger partial charge in [-0.25, -0.2) is 0 Å². The predicted octanol–water partition coefficient (Wildman–Crippen LogP) is 4.27. The van der Waals surface area contributed by atoms with E-state index in [-0.39, 0.29) is 5.78 Å². The Morgan fingerprint density at radius 2 is 1.76 bits per heavy atom. The summed E-state index contributed by atoms with van der Waals surface area (Å²) in [6.45, 7) is 1.49. The van der Waals surface area contributed by atoms with Gasteiger partial charge in [0.15, 0.2) is 5.78 Å². The topological polar surface area (TPSA) is 42.4 Å². The molecular weight excluding hydrogens is 360 g/mol. The van der Waals surface area contributed by atoms with Gasteiger partial charge >= 0.3 is 0 Å². The summed E-state index contributed by atoms with van der Waals surface area (Å²) in [5.74, 6) is -0.375. The average Bonchev–Trinajstić information content (AvgIpc) is 3.02. The third-order valence-electron chi connectivity index (χ3n) is 5.56. The number of carbonyl (C=O) groups is 1. The van der Waals surface area contributed by atoms with Gasteiger partial charge in [0.2, 0.25) is 0 Å². The Labute approximate surface area is 172 Å². The van der Waals surface area contributed by atoms with Crippen LogP contribution in [0.5, 0.6) is 0 Å². The highest BCUT2D eigenvalue weighted by molar-refractivity contribution is 6.07. The summed E-state index contributed by atoms with van der Waals surface area (Å²) in [6.07, 6.45) is 4.41. The Bertz CT molecular complexity index is 972. The molecule has 0 saturated carbocycles. The van der Waals surface area contributed by atoms with Crippen LogP contribution in [0.3, 0.4) is 0 Å². The van der Waals surface area contributed by atoms with Crippen molar-refractivity contribution < 1.29 is 9.53 Å². The first kappa shape index (κ1) is 19.5. The van der Waals surface area contributed by atoms with Crippen LogP contribution in [0.25, 0.3) is 0 Å². The van der Waals surface area contributed by atoms with E-state index >= 15 is 0 Å². The van der Waals surface area contributed by atoms with E-state index < -0.39 is 11.5 Å². The van der Waals surface area contributed by atoms with Crippen molar-refractivity contribution in [3.05, 3.63) is 101 Å². The number of ketones is 1. The summed E-state index contributed by atoms with van der Waals surface area (Å²) in [6, 6.07) is 21.8. The Balaban J connectivity index is 1.88. The van der Waals surface area contributed by atoms with E-state index in [0.717, 1.165) is 35.2 Å². The monoisotopic (exact) mass is 386 g/mol. The van der Waals surface area contributed by atoms with Crippen LogP contribution >= 0.6 is 0 Å². The molecule has 2 atom stereocenters. The number of hydrogen-bond acceptors (Lipinski definition) is 4. The number of benzene rings is 2. The van der Waals surface area contributed by atoms with Crippen LogP contribution in [0.2, 0.25) is 0 Å². The fraction of sp³-hybridized carbons (Fsp3) is 0.280. The van der Waals surface area contributed by atoms with Crippen LogP contribution in [-0.2, 0) is 10.3 Å². The second-order valence-corrected chi connectivity index (χ2v) is 7.74. The van der Waals surface area contributed by atoms with Gasteiger partial charge in [0.05, 0.1) is 5.92 Å². The summed E-state index contributed by atoms with van der Waals surface area (Å²) in [5, 5.41) is 0. The fourth-order valence-corrected chi connectivity index (χ4v) is 4.32. The quantitative estimate of drug-likeness (QED) is 0.569. The van der Waals surface area contributed by atoms with Gasteiger partial charge in [0.1, 0.15) is 5.60 Å². The van der Waals surface area contributed by atoms with Crippen molar-refractivity contribution in [1.82, 2.24) is 9.88 Å². The maximum Gasteiger partial charge on any atom is 0.174 e. The summed E-state index contributed by atoms with van der Waals surface area (Å²) in [4.78, 5) is 20.0. The first-order valence-corrected chi connectivity index (χ1v) is 10.0. The third-order valence-corrected chi connectivity index (χ3v) is 5.56. The lowest BCUT2D eigenvalue weighted by Gasteiger charge is -2.36. The number of Topliss-reactive ketones (excluding diaryl/α,β-unsaturated/α-hetero) is 1. The third kappa shape index (κ3) is 3.50. The zero-order chi connectivity index (χ0) is 20.3. The molecule has 4 nitrogen and oxygen atoms in total. The summed E-state index contributed by atoms with van der Waals surface area (Å²) < 4.78 is 6.72. The van der Waals surface area contributed by atoms with Crippen LogP contribution in [0.1, 0.15) is 39.4 Å². The molecule has 148 valence electrons. The predicted molar refractivity (Wildman–Crippen MR) is 114 cm³/mol. The van der Waals surface area contributed by atoms with E-state index in [1.54, 1.807) is 12.4 Å². The van der Waals surface area contributed by atoms with Crippen molar-refractivity contribution in [2.24, 2.45) is 0 Å². The minimum Gasteiger partial charge on any atom is -0.364 e. The van der Waals surface area contributed by atoms with Gasteiger partial charge in [-0.2, -0.15) is 0 Å². The highest BCUT2D eigenvalue weighted by atomic mass is 16.5. The number of nitrogens with zero attached hydrogens (tertiary/aromatic N) is 2. The first-order valence-electron chi connectivity index (χ1n) is 10.0. The second kappa shape index (κ2) is 8.27. The van der Waals surface area contributed by atoms with Crippen LogP contribution < -0.4 is 0 Å². The molecule has 1 aliphatic carbocycles. The highest BCUT2D eigenvalue weighted by Gasteiger charge is 2.54. The van der Waals surface area contributed by atoms with E-state index in [9.17, 15) is 4.79 Å². The van der Waals surface area contributed by atoms with Gasteiger partial charge in [-0.15, -0.1) is 0 Å². The van der Waals surface area contributed by atoms with Crippen LogP contribution in [0.15, 0.2) is 79.1 Å².